The highest BCUT2D eigenvalue weighted by Gasteiger charge is 2.39. The molecule has 31 heavy (non-hydrogen) atoms. The molecule has 1 atom stereocenters. The van der Waals surface area contributed by atoms with Gasteiger partial charge in [-0.2, -0.15) is 13.5 Å². The average Bonchev–Trinajstić information content (AvgIpc) is 3.33. The van der Waals surface area contributed by atoms with Crippen molar-refractivity contribution in [3.63, 3.8) is 0 Å². The van der Waals surface area contributed by atoms with Crippen LogP contribution in [0.5, 0.6) is 0 Å². The normalized spacial score (nSPS) is 18.5. The van der Waals surface area contributed by atoms with E-state index in [0.717, 1.165) is 10.9 Å². The topological polar surface area (TPSA) is 66.2 Å². The largest absolute Gasteiger partial charge is 0.378 e. The average molecular weight is 450 g/mol. The molecular formula is C22H25F2N3O3S. The number of rotatable bonds is 6. The van der Waals surface area contributed by atoms with E-state index in [2.05, 4.69) is 4.98 Å². The first-order chi connectivity index (χ1) is 14.3. The van der Waals surface area contributed by atoms with Crippen molar-refractivity contribution in [2.75, 3.05) is 20.3 Å². The molecule has 4 heterocycles. The van der Waals surface area contributed by atoms with E-state index in [4.69, 9.17) is 14.5 Å². The first-order valence-electron chi connectivity index (χ1n) is 9.70. The van der Waals surface area contributed by atoms with Crippen LogP contribution in [0.15, 0.2) is 30.6 Å². The third kappa shape index (κ3) is 4.35. The standard InChI is InChI=1S/C22H23F2N3O3.H2S/c1-13(28)6-15-9-16-17(11-27(2)19(16)10-25-15)18-7-14(21(23)24)8-20(26-18)22(29-3)4-5-30-12-22;/h7-11,21H,4-6,12H2,1-3H3;1H2/t22-;/m1./s1. The minimum Gasteiger partial charge on any atom is -0.378 e. The summed E-state index contributed by atoms with van der Waals surface area (Å²) >= 11 is 0. The molecule has 0 radical (unpaired) electrons. The van der Waals surface area contributed by atoms with Gasteiger partial charge in [0.25, 0.3) is 6.43 Å². The van der Waals surface area contributed by atoms with E-state index in [1.54, 1.807) is 13.3 Å². The zero-order chi connectivity index (χ0) is 21.5. The van der Waals surface area contributed by atoms with Crippen molar-refractivity contribution in [3.05, 3.63) is 47.5 Å². The molecule has 1 saturated heterocycles. The lowest BCUT2D eigenvalue weighted by atomic mass is 9.95. The van der Waals surface area contributed by atoms with Crippen LogP contribution in [0.4, 0.5) is 8.78 Å². The molecule has 4 rings (SSSR count). The van der Waals surface area contributed by atoms with E-state index < -0.39 is 12.0 Å². The van der Waals surface area contributed by atoms with E-state index in [-0.39, 0.29) is 37.9 Å². The number of fused-ring (bicyclic) bond motifs is 1. The number of halogens is 2. The van der Waals surface area contributed by atoms with Gasteiger partial charge in [-0.25, -0.2) is 13.8 Å². The Kier molecular flexibility index (Phi) is 6.78. The van der Waals surface area contributed by atoms with Gasteiger partial charge in [0.2, 0.25) is 0 Å². The minimum absolute atomic E-state index is 0. The second kappa shape index (κ2) is 9.02. The summed E-state index contributed by atoms with van der Waals surface area (Å²) in [7, 11) is 3.40. The summed E-state index contributed by atoms with van der Waals surface area (Å²) in [6.45, 7) is 2.26. The number of hydrogen-bond donors (Lipinski definition) is 0. The van der Waals surface area contributed by atoms with Crippen LogP contribution in [-0.2, 0) is 33.3 Å². The summed E-state index contributed by atoms with van der Waals surface area (Å²) in [5.74, 6) is 0.00251. The molecule has 1 fully saturated rings. The lowest BCUT2D eigenvalue weighted by Crippen LogP contribution is -2.30. The molecule has 1 aliphatic heterocycles. The smallest absolute Gasteiger partial charge is 0.263 e. The molecule has 0 saturated carbocycles. The third-order valence-corrected chi connectivity index (χ3v) is 5.58. The summed E-state index contributed by atoms with van der Waals surface area (Å²) < 4.78 is 40.5. The highest BCUT2D eigenvalue weighted by molar-refractivity contribution is 7.59. The van der Waals surface area contributed by atoms with Gasteiger partial charge in [-0.05, 0) is 25.1 Å². The number of carbonyl (C=O) groups excluding carboxylic acids is 1. The van der Waals surface area contributed by atoms with Gasteiger partial charge >= 0.3 is 0 Å². The molecule has 0 spiro atoms. The van der Waals surface area contributed by atoms with Gasteiger partial charge in [0, 0.05) is 62.0 Å². The molecule has 9 heteroatoms. The fourth-order valence-corrected chi connectivity index (χ4v) is 3.94. The van der Waals surface area contributed by atoms with Gasteiger partial charge in [0.15, 0.2) is 0 Å². The SMILES string of the molecule is CO[C@]1(c2cc(C(F)F)cc(-c3cn(C)c4cnc(CC(C)=O)cc34)n2)CCOC1.S. The quantitative estimate of drug-likeness (QED) is 0.567. The molecule has 3 aromatic rings. The van der Waals surface area contributed by atoms with Gasteiger partial charge in [0.05, 0.1) is 29.7 Å². The zero-order valence-electron chi connectivity index (χ0n) is 17.6. The van der Waals surface area contributed by atoms with Gasteiger partial charge in [-0.3, -0.25) is 9.78 Å². The van der Waals surface area contributed by atoms with E-state index in [1.807, 2.05) is 23.9 Å². The van der Waals surface area contributed by atoms with Crippen molar-refractivity contribution in [1.82, 2.24) is 14.5 Å². The van der Waals surface area contributed by atoms with Crippen LogP contribution in [0, 0.1) is 0 Å². The van der Waals surface area contributed by atoms with Crippen LogP contribution >= 0.6 is 13.5 Å². The van der Waals surface area contributed by atoms with Crippen LogP contribution < -0.4 is 0 Å². The zero-order valence-corrected chi connectivity index (χ0v) is 18.6. The molecule has 0 aliphatic carbocycles. The second-order valence-electron chi connectivity index (χ2n) is 7.70. The van der Waals surface area contributed by atoms with Gasteiger partial charge in [0.1, 0.15) is 11.4 Å². The molecular weight excluding hydrogens is 424 g/mol. The number of pyridine rings is 2. The van der Waals surface area contributed by atoms with Crippen molar-refractivity contribution in [1.29, 1.82) is 0 Å². The maximum absolute atomic E-state index is 13.7. The van der Waals surface area contributed by atoms with Crippen LogP contribution in [0.25, 0.3) is 22.2 Å². The number of ether oxygens (including phenoxy) is 2. The van der Waals surface area contributed by atoms with Gasteiger partial charge < -0.3 is 14.0 Å². The van der Waals surface area contributed by atoms with E-state index in [1.165, 1.54) is 19.1 Å². The Bertz CT molecular complexity index is 1110. The number of ketones is 1. The number of nitrogens with zero attached hydrogens (tertiary/aromatic N) is 3. The van der Waals surface area contributed by atoms with Crippen molar-refractivity contribution in [3.8, 4) is 11.3 Å². The molecule has 3 aromatic heterocycles. The first kappa shape index (κ1) is 23.3. The maximum Gasteiger partial charge on any atom is 0.263 e. The number of hydrogen-bond acceptors (Lipinski definition) is 5. The van der Waals surface area contributed by atoms with Gasteiger partial charge in [-0.1, -0.05) is 0 Å². The number of carbonyl (C=O) groups is 1. The van der Waals surface area contributed by atoms with Crippen LogP contribution in [0.3, 0.4) is 0 Å². The van der Waals surface area contributed by atoms with Gasteiger partial charge in [-0.15, -0.1) is 0 Å². The fraction of sp³-hybridized carbons (Fsp3) is 0.409. The Hall–Kier alpha value is -2.36. The van der Waals surface area contributed by atoms with E-state index in [0.29, 0.717) is 35.7 Å². The number of alkyl halides is 2. The Morgan fingerprint density at radius 3 is 2.74 bits per heavy atom. The summed E-state index contributed by atoms with van der Waals surface area (Å²) in [4.78, 5) is 20.6. The summed E-state index contributed by atoms with van der Waals surface area (Å²) in [6, 6.07) is 4.64. The predicted molar refractivity (Wildman–Crippen MR) is 118 cm³/mol. The molecule has 6 nitrogen and oxygen atoms in total. The Morgan fingerprint density at radius 2 is 2.13 bits per heavy atom. The van der Waals surface area contributed by atoms with Crippen molar-refractivity contribution in [2.24, 2.45) is 7.05 Å². The van der Waals surface area contributed by atoms with Crippen molar-refractivity contribution < 1.29 is 23.0 Å². The summed E-state index contributed by atoms with van der Waals surface area (Å²) in [5, 5.41) is 0.808. The number of Topliss-reactive ketones (excluding diaryl/α,β-unsaturated/α-hetero) is 1. The highest BCUT2D eigenvalue weighted by Crippen LogP contribution is 2.38. The lowest BCUT2D eigenvalue weighted by Gasteiger charge is -2.26. The predicted octanol–water partition coefficient (Wildman–Crippen LogP) is 4.08. The second-order valence-corrected chi connectivity index (χ2v) is 7.70. The summed E-state index contributed by atoms with van der Waals surface area (Å²) in [5.41, 5.74) is 2.06. The van der Waals surface area contributed by atoms with Crippen molar-refractivity contribution in [2.45, 2.75) is 31.8 Å². The Morgan fingerprint density at radius 1 is 1.35 bits per heavy atom. The number of aromatic nitrogens is 3. The van der Waals surface area contributed by atoms with E-state index >= 15 is 0 Å². The Balaban J connectivity index is 0.00000272. The van der Waals surface area contributed by atoms with Crippen LogP contribution in [0.1, 0.15) is 36.7 Å². The fourth-order valence-electron chi connectivity index (χ4n) is 3.94. The third-order valence-electron chi connectivity index (χ3n) is 5.58. The van der Waals surface area contributed by atoms with E-state index in [9.17, 15) is 13.6 Å². The minimum atomic E-state index is -2.65. The maximum atomic E-state index is 13.7. The number of methoxy groups -OCH3 is 1. The van der Waals surface area contributed by atoms with Crippen LogP contribution in [0.2, 0.25) is 0 Å². The molecule has 1 aliphatic rings. The number of aryl methyl sites for hydroxylation is 1. The molecule has 0 unspecified atom stereocenters. The Labute approximate surface area is 186 Å². The highest BCUT2D eigenvalue weighted by atomic mass is 32.1. The first-order valence-corrected chi connectivity index (χ1v) is 9.70. The van der Waals surface area contributed by atoms with Crippen molar-refractivity contribution >= 4 is 30.2 Å². The summed E-state index contributed by atoms with van der Waals surface area (Å²) in [6.07, 6.45) is 1.65. The van der Waals surface area contributed by atoms with Crippen LogP contribution in [-0.4, -0.2) is 40.6 Å². The molecule has 0 N–H and O–H groups in total. The molecule has 0 aromatic carbocycles. The molecule has 0 bridgehead atoms. The lowest BCUT2D eigenvalue weighted by molar-refractivity contribution is -0.116. The monoisotopic (exact) mass is 449 g/mol. The molecule has 0 amide bonds. The molecule has 166 valence electrons.